The number of carbonyl (C=O) groups excluding carboxylic acids is 2. The Bertz CT molecular complexity index is 367. The minimum absolute atomic E-state index is 0.0628. The normalized spacial score (nSPS) is 12.7. The smallest absolute Gasteiger partial charge is 0.356 e. The quantitative estimate of drug-likeness (QED) is 0.316. The first-order valence-electron chi connectivity index (χ1n) is 5.16. The average Bonchev–Trinajstić information content (AvgIpc) is 2.37. The summed E-state index contributed by atoms with van der Waals surface area (Å²) in [7, 11) is 2.49. The third-order valence-corrected chi connectivity index (χ3v) is 2.01. The molecule has 0 N–H and O–H groups in total. The third-order valence-electron chi connectivity index (χ3n) is 2.01. The maximum Gasteiger partial charge on any atom is 0.356 e. The van der Waals surface area contributed by atoms with Gasteiger partial charge in [-0.15, -0.1) is 0 Å². The van der Waals surface area contributed by atoms with Gasteiger partial charge in [0, 0.05) is 0 Å². The molecule has 0 fully saturated rings. The molecule has 17 heavy (non-hydrogen) atoms. The summed E-state index contributed by atoms with van der Waals surface area (Å²) in [6, 6.07) is 0. The number of rotatable bonds is 5. The van der Waals surface area contributed by atoms with Crippen molar-refractivity contribution in [1.29, 1.82) is 0 Å². The Kier molecular flexibility index (Phi) is 7.34. The van der Waals surface area contributed by atoms with Crippen molar-refractivity contribution in [3.63, 3.8) is 0 Å². The molecule has 0 aromatic heterocycles. The first-order chi connectivity index (χ1) is 8.08. The molecule has 5 heteroatoms. The van der Waals surface area contributed by atoms with E-state index in [1.54, 1.807) is 6.08 Å². The van der Waals surface area contributed by atoms with Crippen LogP contribution in [0.1, 0.15) is 20.3 Å². The molecule has 94 valence electrons. The van der Waals surface area contributed by atoms with Crippen LogP contribution in [-0.2, 0) is 19.1 Å². The Morgan fingerprint density at radius 1 is 1.24 bits per heavy atom. The van der Waals surface area contributed by atoms with Gasteiger partial charge >= 0.3 is 11.9 Å². The first kappa shape index (κ1) is 15.1. The molecule has 0 aromatic rings. The summed E-state index contributed by atoms with van der Waals surface area (Å²) in [6.07, 6.45) is 5.12. The fourth-order valence-electron chi connectivity index (χ4n) is 0.994. The zero-order valence-corrected chi connectivity index (χ0v) is 10.5. The average molecular weight is 239 g/mol. The topological polar surface area (TPSA) is 65.0 Å². The van der Waals surface area contributed by atoms with Crippen molar-refractivity contribution in [3.05, 3.63) is 23.4 Å². The van der Waals surface area contributed by atoms with E-state index >= 15 is 0 Å². The second-order valence-electron chi connectivity index (χ2n) is 3.02. The number of methoxy groups -OCH3 is 2. The van der Waals surface area contributed by atoms with Crippen LogP contribution in [0.4, 0.5) is 0 Å². The number of hydrogen-bond donors (Lipinski definition) is 0. The van der Waals surface area contributed by atoms with Crippen LogP contribution >= 0.6 is 0 Å². The largest absolute Gasteiger partial charge is 0.465 e. The first-order valence-corrected chi connectivity index (χ1v) is 5.16. The number of nitrogens with zero attached hydrogens (tertiary/aromatic N) is 1. The van der Waals surface area contributed by atoms with Crippen LogP contribution in [0.15, 0.2) is 28.4 Å². The van der Waals surface area contributed by atoms with Gasteiger partial charge < -0.3 is 9.47 Å². The van der Waals surface area contributed by atoms with E-state index in [0.29, 0.717) is 0 Å². The molecule has 0 spiro atoms. The number of hydrogen-bond acceptors (Lipinski definition) is 5. The molecule has 0 saturated heterocycles. The Morgan fingerprint density at radius 2 is 1.88 bits per heavy atom. The molecule has 0 amide bonds. The van der Waals surface area contributed by atoms with E-state index in [-0.39, 0.29) is 5.70 Å². The van der Waals surface area contributed by atoms with Gasteiger partial charge in [-0.3, -0.25) is 0 Å². The predicted octanol–water partition coefficient (Wildman–Crippen LogP) is 1.64. The second kappa shape index (κ2) is 8.27. The predicted molar refractivity (Wildman–Crippen MR) is 64.7 cm³/mol. The van der Waals surface area contributed by atoms with Gasteiger partial charge in [-0.05, 0) is 19.4 Å². The van der Waals surface area contributed by atoms with Crippen molar-refractivity contribution in [2.24, 2.45) is 4.99 Å². The lowest BCUT2D eigenvalue weighted by molar-refractivity contribution is -0.136. The van der Waals surface area contributed by atoms with Crippen molar-refractivity contribution in [2.75, 3.05) is 14.2 Å². The highest BCUT2D eigenvalue weighted by Crippen LogP contribution is 2.09. The summed E-state index contributed by atoms with van der Waals surface area (Å²) in [6.45, 7) is 3.80. The van der Waals surface area contributed by atoms with E-state index in [9.17, 15) is 9.59 Å². The molecule has 0 unspecified atom stereocenters. The number of carbonyl (C=O) groups is 2. The molecule has 5 nitrogen and oxygen atoms in total. The van der Waals surface area contributed by atoms with Crippen LogP contribution < -0.4 is 0 Å². The van der Waals surface area contributed by atoms with Crippen LogP contribution in [0.5, 0.6) is 0 Å². The Labute approximate surface area is 101 Å². The molecule has 0 saturated carbocycles. The molecule has 0 heterocycles. The summed E-state index contributed by atoms with van der Waals surface area (Å²) in [4.78, 5) is 26.0. The molecule has 0 aliphatic heterocycles. The molecule has 0 rings (SSSR count). The van der Waals surface area contributed by atoms with E-state index in [0.717, 1.165) is 18.2 Å². The number of aliphatic imine (C=N–C) groups is 1. The van der Waals surface area contributed by atoms with Crippen molar-refractivity contribution in [1.82, 2.24) is 0 Å². The minimum atomic E-state index is -0.627. The number of esters is 2. The van der Waals surface area contributed by atoms with Gasteiger partial charge in [-0.25, -0.2) is 14.6 Å². The van der Waals surface area contributed by atoms with Crippen LogP contribution in [0.3, 0.4) is 0 Å². The van der Waals surface area contributed by atoms with Gasteiger partial charge in [0.25, 0.3) is 0 Å². The van der Waals surface area contributed by atoms with E-state index in [2.05, 4.69) is 14.5 Å². The number of allylic oxidation sites excluding steroid dienone is 3. The van der Waals surface area contributed by atoms with Crippen LogP contribution in [0.25, 0.3) is 0 Å². The highest BCUT2D eigenvalue weighted by molar-refractivity contribution is 6.23. The zero-order chi connectivity index (χ0) is 13.3. The fraction of sp³-hybridized carbons (Fsp3) is 0.417. The maximum absolute atomic E-state index is 11.4. The van der Waals surface area contributed by atoms with Crippen LogP contribution in [-0.4, -0.2) is 32.4 Å². The zero-order valence-electron chi connectivity index (χ0n) is 10.5. The van der Waals surface area contributed by atoms with Crippen LogP contribution in [0, 0.1) is 0 Å². The molecule has 0 aromatic carbocycles. The van der Waals surface area contributed by atoms with Crippen molar-refractivity contribution < 1.29 is 19.1 Å². The molecule has 0 atom stereocenters. The summed E-state index contributed by atoms with van der Waals surface area (Å²) >= 11 is 0. The molecule has 0 aliphatic rings. The SMILES string of the molecule is C\C=C(/C=C(\N=C\C(=O)OC)C(=O)OC)CC. The second-order valence-corrected chi connectivity index (χ2v) is 3.02. The summed E-state index contributed by atoms with van der Waals surface area (Å²) < 4.78 is 8.96. The van der Waals surface area contributed by atoms with Crippen molar-refractivity contribution >= 4 is 18.2 Å². The molecule has 0 aliphatic carbocycles. The van der Waals surface area contributed by atoms with Crippen molar-refractivity contribution in [3.8, 4) is 0 Å². The molecule has 0 bridgehead atoms. The van der Waals surface area contributed by atoms with Gasteiger partial charge in [-0.1, -0.05) is 18.6 Å². The molecular weight excluding hydrogens is 222 g/mol. The minimum Gasteiger partial charge on any atom is -0.465 e. The Morgan fingerprint density at radius 3 is 2.29 bits per heavy atom. The van der Waals surface area contributed by atoms with Gasteiger partial charge in [0.1, 0.15) is 11.9 Å². The Balaban J connectivity index is 5.08. The monoisotopic (exact) mass is 239 g/mol. The lowest BCUT2D eigenvalue weighted by atomic mass is 10.1. The summed E-state index contributed by atoms with van der Waals surface area (Å²) in [5.74, 6) is -1.23. The van der Waals surface area contributed by atoms with Crippen molar-refractivity contribution in [2.45, 2.75) is 20.3 Å². The third kappa shape index (κ3) is 5.65. The summed E-state index contributed by atoms with van der Waals surface area (Å²) in [5, 5.41) is 0. The van der Waals surface area contributed by atoms with E-state index in [1.165, 1.54) is 14.2 Å². The van der Waals surface area contributed by atoms with Gasteiger partial charge in [-0.2, -0.15) is 0 Å². The van der Waals surface area contributed by atoms with E-state index in [1.807, 2.05) is 19.9 Å². The number of ether oxygens (including phenoxy) is 2. The van der Waals surface area contributed by atoms with E-state index in [4.69, 9.17) is 0 Å². The van der Waals surface area contributed by atoms with Gasteiger partial charge in [0.05, 0.1) is 14.2 Å². The van der Waals surface area contributed by atoms with Gasteiger partial charge in [0.15, 0.2) is 0 Å². The molecular formula is C12H17NO4. The lowest BCUT2D eigenvalue weighted by Gasteiger charge is -2.01. The Hall–Kier alpha value is -1.91. The summed E-state index contributed by atoms with van der Waals surface area (Å²) in [5.41, 5.74) is 0.986. The van der Waals surface area contributed by atoms with Crippen LogP contribution in [0.2, 0.25) is 0 Å². The lowest BCUT2D eigenvalue weighted by Crippen LogP contribution is -2.07. The van der Waals surface area contributed by atoms with E-state index < -0.39 is 11.9 Å². The standard InChI is InChI=1S/C12H17NO4/c1-5-9(6-2)7-10(12(15)17-4)13-8-11(14)16-3/h5,7-8H,6H2,1-4H3/b9-5-,10-7-,13-8+. The fourth-order valence-corrected chi connectivity index (χ4v) is 0.994. The highest BCUT2D eigenvalue weighted by Gasteiger charge is 2.08. The molecule has 0 radical (unpaired) electrons. The van der Waals surface area contributed by atoms with Gasteiger partial charge in [0.2, 0.25) is 0 Å². The maximum atomic E-state index is 11.4. The highest BCUT2D eigenvalue weighted by atomic mass is 16.5.